The fraction of sp³-hybridized carbons (Fsp3) is 0.538. The second-order valence-electron chi connectivity index (χ2n) is 4.98. The molecule has 0 aliphatic carbocycles. The molecule has 0 radical (unpaired) electrons. The Labute approximate surface area is 99.6 Å². The number of fused-ring (bicyclic) bond motifs is 1. The molecule has 0 amide bonds. The molecule has 0 spiro atoms. The first-order chi connectivity index (χ1) is 8.24. The van der Waals surface area contributed by atoms with Crippen molar-refractivity contribution in [1.82, 2.24) is 10.2 Å². The van der Waals surface area contributed by atoms with E-state index in [2.05, 4.69) is 10.2 Å². The Morgan fingerprint density at radius 2 is 2.18 bits per heavy atom. The van der Waals surface area contributed by atoms with Crippen LogP contribution in [-0.2, 0) is 6.54 Å². The van der Waals surface area contributed by atoms with E-state index in [1.165, 1.54) is 12.5 Å². The first-order valence-corrected chi connectivity index (χ1v) is 6.13. The molecule has 3 rings (SSSR count). The van der Waals surface area contributed by atoms with E-state index in [0.717, 1.165) is 25.7 Å². The van der Waals surface area contributed by atoms with Gasteiger partial charge in [-0.05, 0) is 31.5 Å². The lowest BCUT2D eigenvalue weighted by Crippen LogP contribution is -2.33. The maximum atomic E-state index is 13.6. The molecule has 1 N–H and O–H groups in total. The van der Waals surface area contributed by atoms with Crippen LogP contribution < -0.4 is 5.32 Å². The van der Waals surface area contributed by atoms with Gasteiger partial charge in [-0.2, -0.15) is 0 Å². The van der Waals surface area contributed by atoms with Crippen LogP contribution in [0, 0.1) is 17.6 Å². The molecule has 2 heterocycles. The molecule has 2 unspecified atom stereocenters. The van der Waals surface area contributed by atoms with Gasteiger partial charge < -0.3 is 5.32 Å². The Balaban J connectivity index is 1.74. The van der Waals surface area contributed by atoms with Crippen molar-refractivity contribution in [3.05, 3.63) is 35.4 Å². The smallest absolute Gasteiger partial charge is 0.130 e. The van der Waals surface area contributed by atoms with E-state index < -0.39 is 11.6 Å². The van der Waals surface area contributed by atoms with Crippen molar-refractivity contribution in [2.45, 2.75) is 19.0 Å². The van der Waals surface area contributed by atoms with Gasteiger partial charge in [0.25, 0.3) is 0 Å². The second-order valence-corrected chi connectivity index (χ2v) is 4.98. The molecular formula is C13H16F2N2. The lowest BCUT2D eigenvalue weighted by molar-refractivity contribution is 0.240. The number of nitrogens with one attached hydrogen (secondary N) is 1. The summed E-state index contributed by atoms with van der Waals surface area (Å²) in [6, 6.07) is 4.38. The van der Waals surface area contributed by atoms with E-state index in [0.29, 0.717) is 24.1 Å². The van der Waals surface area contributed by atoms with Gasteiger partial charge in [-0.15, -0.1) is 0 Å². The van der Waals surface area contributed by atoms with Crippen LogP contribution in [0.25, 0.3) is 0 Å². The van der Waals surface area contributed by atoms with Crippen LogP contribution in [0.3, 0.4) is 0 Å². The molecule has 17 heavy (non-hydrogen) atoms. The molecule has 1 aromatic carbocycles. The average Bonchev–Trinajstić information content (AvgIpc) is 2.86. The topological polar surface area (TPSA) is 15.3 Å². The lowest BCUT2D eigenvalue weighted by Gasteiger charge is -2.23. The van der Waals surface area contributed by atoms with Crippen molar-refractivity contribution < 1.29 is 8.78 Å². The quantitative estimate of drug-likeness (QED) is 0.844. The van der Waals surface area contributed by atoms with Crippen LogP contribution in [0.5, 0.6) is 0 Å². The standard InChI is InChI=1S/C13H16F2N2/c14-11-2-1-10(12(15)5-11)8-17-4-3-9-6-16-7-13(9)17/h1-2,5,9,13,16H,3-4,6-8H2. The molecular weight excluding hydrogens is 222 g/mol. The van der Waals surface area contributed by atoms with Crippen LogP contribution in [0.1, 0.15) is 12.0 Å². The third kappa shape index (κ3) is 2.07. The molecule has 4 heteroatoms. The Hall–Kier alpha value is -1.00. The number of likely N-dealkylation sites (tertiary alicyclic amines) is 1. The van der Waals surface area contributed by atoms with Gasteiger partial charge in [0.1, 0.15) is 11.6 Å². The summed E-state index contributed by atoms with van der Waals surface area (Å²) in [6.07, 6.45) is 1.18. The highest BCUT2D eigenvalue weighted by molar-refractivity contribution is 5.19. The van der Waals surface area contributed by atoms with Gasteiger partial charge in [0.05, 0.1) is 0 Å². The molecule has 0 aromatic heterocycles. The van der Waals surface area contributed by atoms with E-state index >= 15 is 0 Å². The normalized spacial score (nSPS) is 28.6. The van der Waals surface area contributed by atoms with E-state index in [1.807, 2.05) is 0 Å². The molecule has 92 valence electrons. The van der Waals surface area contributed by atoms with Gasteiger partial charge >= 0.3 is 0 Å². The van der Waals surface area contributed by atoms with Gasteiger partial charge in [0, 0.05) is 30.8 Å². The molecule has 0 saturated carbocycles. The number of rotatable bonds is 2. The first kappa shape index (κ1) is 11.1. The number of benzene rings is 1. The molecule has 1 aromatic rings. The van der Waals surface area contributed by atoms with Crippen molar-refractivity contribution >= 4 is 0 Å². The van der Waals surface area contributed by atoms with Gasteiger partial charge in [-0.25, -0.2) is 8.78 Å². The molecule has 2 nitrogen and oxygen atoms in total. The minimum Gasteiger partial charge on any atom is -0.315 e. The van der Waals surface area contributed by atoms with Crippen LogP contribution in [-0.4, -0.2) is 30.6 Å². The average molecular weight is 238 g/mol. The summed E-state index contributed by atoms with van der Waals surface area (Å²) in [4.78, 5) is 2.31. The highest BCUT2D eigenvalue weighted by Crippen LogP contribution is 2.28. The zero-order chi connectivity index (χ0) is 11.8. The largest absolute Gasteiger partial charge is 0.315 e. The minimum absolute atomic E-state index is 0.431. The van der Waals surface area contributed by atoms with E-state index in [9.17, 15) is 8.78 Å². The number of hydrogen-bond donors (Lipinski definition) is 1. The summed E-state index contributed by atoms with van der Waals surface area (Å²) in [5.74, 6) is -0.231. The summed E-state index contributed by atoms with van der Waals surface area (Å²) < 4.78 is 26.4. The number of halogens is 2. The zero-order valence-corrected chi connectivity index (χ0v) is 9.63. The van der Waals surface area contributed by atoms with Crippen molar-refractivity contribution in [3.8, 4) is 0 Å². The predicted octanol–water partition coefficient (Wildman–Crippen LogP) is 1.76. The van der Waals surface area contributed by atoms with Crippen LogP contribution >= 0.6 is 0 Å². The number of hydrogen-bond acceptors (Lipinski definition) is 2. The van der Waals surface area contributed by atoms with Gasteiger partial charge in [0.15, 0.2) is 0 Å². The predicted molar refractivity (Wildman–Crippen MR) is 61.5 cm³/mol. The summed E-state index contributed by atoms with van der Waals surface area (Å²) in [7, 11) is 0. The first-order valence-electron chi connectivity index (χ1n) is 6.13. The minimum atomic E-state index is -0.506. The highest BCUT2D eigenvalue weighted by atomic mass is 19.1. The third-order valence-corrected chi connectivity index (χ3v) is 3.95. The van der Waals surface area contributed by atoms with Crippen molar-refractivity contribution in [1.29, 1.82) is 0 Å². The lowest BCUT2D eigenvalue weighted by atomic mass is 10.0. The zero-order valence-electron chi connectivity index (χ0n) is 9.63. The Bertz CT molecular complexity index is 422. The molecule has 2 atom stereocenters. The summed E-state index contributed by atoms with van der Waals surface area (Å²) in [6.45, 7) is 3.68. The summed E-state index contributed by atoms with van der Waals surface area (Å²) in [5.41, 5.74) is 0.596. The van der Waals surface area contributed by atoms with E-state index in [4.69, 9.17) is 0 Å². The molecule has 2 aliphatic rings. The summed E-state index contributed by atoms with van der Waals surface area (Å²) >= 11 is 0. The van der Waals surface area contributed by atoms with Crippen LogP contribution in [0.15, 0.2) is 18.2 Å². The Morgan fingerprint density at radius 1 is 1.29 bits per heavy atom. The second kappa shape index (κ2) is 4.35. The van der Waals surface area contributed by atoms with Crippen molar-refractivity contribution in [2.24, 2.45) is 5.92 Å². The Morgan fingerprint density at radius 3 is 3.00 bits per heavy atom. The highest BCUT2D eigenvalue weighted by Gasteiger charge is 2.37. The maximum absolute atomic E-state index is 13.6. The molecule has 2 fully saturated rings. The van der Waals surface area contributed by atoms with Crippen molar-refractivity contribution in [2.75, 3.05) is 19.6 Å². The molecule has 0 bridgehead atoms. The van der Waals surface area contributed by atoms with Gasteiger partial charge in [-0.1, -0.05) is 6.07 Å². The van der Waals surface area contributed by atoms with Gasteiger partial charge in [-0.3, -0.25) is 4.90 Å². The SMILES string of the molecule is Fc1ccc(CN2CCC3CNCC32)c(F)c1. The maximum Gasteiger partial charge on any atom is 0.130 e. The van der Waals surface area contributed by atoms with E-state index in [-0.39, 0.29) is 0 Å². The Kier molecular flexibility index (Phi) is 2.84. The van der Waals surface area contributed by atoms with E-state index in [1.54, 1.807) is 6.07 Å². The summed E-state index contributed by atoms with van der Waals surface area (Å²) in [5, 5.41) is 3.37. The number of nitrogens with zero attached hydrogens (tertiary/aromatic N) is 1. The van der Waals surface area contributed by atoms with Crippen molar-refractivity contribution in [3.63, 3.8) is 0 Å². The van der Waals surface area contributed by atoms with Crippen LogP contribution in [0.2, 0.25) is 0 Å². The van der Waals surface area contributed by atoms with Gasteiger partial charge in [0.2, 0.25) is 0 Å². The fourth-order valence-electron chi connectivity index (χ4n) is 3.00. The monoisotopic (exact) mass is 238 g/mol. The third-order valence-electron chi connectivity index (χ3n) is 3.95. The molecule has 2 saturated heterocycles. The fourth-order valence-corrected chi connectivity index (χ4v) is 3.00. The molecule has 2 aliphatic heterocycles. The van der Waals surface area contributed by atoms with Crippen LogP contribution in [0.4, 0.5) is 8.78 Å².